The van der Waals surface area contributed by atoms with E-state index in [0.717, 1.165) is 19.4 Å². The normalized spacial score (nSPS) is 23.4. The summed E-state index contributed by atoms with van der Waals surface area (Å²) in [5, 5.41) is 11.2. The quantitative estimate of drug-likeness (QED) is 0.766. The van der Waals surface area contributed by atoms with E-state index in [2.05, 4.69) is 39.9 Å². The zero-order chi connectivity index (χ0) is 12.8. The van der Waals surface area contributed by atoms with Crippen molar-refractivity contribution < 1.29 is 9.84 Å². The molecule has 3 heteroatoms. The van der Waals surface area contributed by atoms with Crippen molar-refractivity contribution >= 4 is 0 Å². The minimum atomic E-state index is 0.210. The summed E-state index contributed by atoms with van der Waals surface area (Å²) in [7, 11) is 0. The summed E-state index contributed by atoms with van der Waals surface area (Å²) in [6, 6.07) is 0. The molecular weight excluding hydrogens is 202 g/mol. The second kappa shape index (κ2) is 6.58. The highest BCUT2D eigenvalue weighted by Crippen LogP contribution is 2.29. The molecule has 1 aliphatic rings. The molecule has 1 aliphatic heterocycles. The van der Waals surface area contributed by atoms with E-state index in [1.165, 1.54) is 0 Å². The third kappa shape index (κ3) is 6.46. The highest BCUT2D eigenvalue weighted by Gasteiger charge is 2.37. The Balaban J connectivity index is 0.000000673. The predicted molar refractivity (Wildman–Crippen MR) is 68.7 cm³/mol. The standard InChI is InChI=1S/C11H23NO.C2H6O/c1-6-13-9-7-10(2,3)12-11(4,5)8-9;1-2-3/h9,12H,6-8H2,1-5H3;3H,2H2,1H3. The number of nitrogens with one attached hydrogen (secondary N) is 1. The topological polar surface area (TPSA) is 41.5 Å². The van der Waals surface area contributed by atoms with Crippen molar-refractivity contribution in [3.05, 3.63) is 0 Å². The van der Waals surface area contributed by atoms with E-state index in [4.69, 9.17) is 9.84 Å². The largest absolute Gasteiger partial charge is 0.397 e. The highest BCUT2D eigenvalue weighted by molar-refractivity contribution is 4.97. The van der Waals surface area contributed by atoms with Crippen molar-refractivity contribution in [1.29, 1.82) is 0 Å². The van der Waals surface area contributed by atoms with Crippen LogP contribution in [0.5, 0.6) is 0 Å². The molecule has 0 atom stereocenters. The van der Waals surface area contributed by atoms with Gasteiger partial charge in [-0.05, 0) is 54.4 Å². The molecule has 3 nitrogen and oxygen atoms in total. The summed E-state index contributed by atoms with van der Waals surface area (Å²) in [5.41, 5.74) is 0.420. The monoisotopic (exact) mass is 231 g/mol. The van der Waals surface area contributed by atoms with Crippen LogP contribution in [-0.2, 0) is 4.74 Å². The third-order valence-electron chi connectivity index (χ3n) is 2.56. The van der Waals surface area contributed by atoms with Crippen LogP contribution in [0.1, 0.15) is 54.4 Å². The molecule has 0 aromatic heterocycles. The molecule has 0 radical (unpaired) electrons. The van der Waals surface area contributed by atoms with Crippen LogP contribution >= 0.6 is 0 Å². The number of hydrogen-bond donors (Lipinski definition) is 2. The number of aliphatic hydroxyl groups excluding tert-OH is 1. The van der Waals surface area contributed by atoms with Crippen molar-refractivity contribution in [2.45, 2.75) is 71.6 Å². The van der Waals surface area contributed by atoms with Gasteiger partial charge in [-0.25, -0.2) is 0 Å². The highest BCUT2D eigenvalue weighted by atomic mass is 16.5. The average Bonchev–Trinajstić information content (AvgIpc) is 1.98. The van der Waals surface area contributed by atoms with Crippen LogP contribution in [0.15, 0.2) is 0 Å². The Morgan fingerprint density at radius 3 is 1.81 bits per heavy atom. The molecule has 0 aromatic carbocycles. The smallest absolute Gasteiger partial charge is 0.0609 e. The number of ether oxygens (including phenoxy) is 1. The molecule has 0 bridgehead atoms. The van der Waals surface area contributed by atoms with E-state index in [1.807, 2.05) is 0 Å². The fourth-order valence-corrected chi connectivity index (χ4v) is 2.58. The molecule has 0 aliphatic carbocycles. The Kier molecular flexibility index (Phi) is 6.53. The van der Waals surface area contributed by atoms with Crippen molar-refractivity contribution in [1.82, 2.24) is 5.32 Å². The Bertz CT molecular complexity index is 174. The summed E-state index contributed by atoms with van der Waals surface area (Å²) in [6.07, 6.45) is 2.66. The van der Waals surface area contributed by atoms with E-state index in [-0.39, 0.29) is 17.7 Å². The maximum Gasteiger partial charge on any atom is 0.0609 e. The van der Waals surface area contributed by atoms with E-state index in [0.29, 0.717) is 6.10 Å². The molecule has 16 heavy (non-hydrogen) atoms. The van der Waals surface area contributed by atoms with Gasteiger partial charge >= 0.3 is 0 Å². The zero-order valence-corrected chi connectivity index (χ0v) is 11.8. The lowest BCUT2D eigenvalue weighted by atomic mass is 9.81. The molecule has 1 rings (SSSR count). The SMILES string of the molecule is CCO.CCOC1CC(C)(C)NC(C)(C)C1. The fraction of sp³-hybridized carbons (Fsp3) is 1.00. The van der Waals surface area contributed by atoms with Crippen LogP contribution in [0.25, 0.3) is 0 Å². The first kappa shape index (κ1) is 15.9. The van der Waals surface area contributed by atoms with Gasteiger partial charge in [0.05, 0.1) is 6.10 Å². The predicted octanol–water partition coefficient (Wildman–Crippen LogP) is 2.33. The van der Waals surface area contributed by atoms with Crippen LogP contribution in [-0.4, -0.2) is 35.5 Å². The van der Waals surface area contributed by atoms with Gasteiger partial charge in [0, 0.05) is 24.3 Å². The maximum atomic E-state index is 7.57. The van der Waals surface area contributed by atoms with E-state index in [9.17, 15) is 0 Å². The number of piperidine rings is 1. The van der Waals surface area contributed by atoms with Gasteiger partial charge in [0.1, 0.15) is 0 Å². The fourth-order valence-electron chi connectivity index (χ4n) is 2.58. The van der Waals surface area contributed by atoms with Crippen LogP contribution in [0.3, 0.4) is 0 Å². The first-order valence-electron chi connectivity index (χ1n) is 6.28. The number of hydrogen-bond acceptors (Lipinski definition) is 3. The molecule has 1 fully saturated rings. The Hall–Kier alpha value is -0.120. The lowest BCUT2D eigenvalue weighted by Crippen LogP contribution is -2.59. The van der Waals surface area contributed by atoms with Crippen molar-refractivity contribution in [2.75, 3.05) is 13.2 Å². The minimum Gasteiger partial charge on any atom is -0.397 e. The van der Waals surface area contributed by atoms with Crippen LogP contribution < -0.4 is 5.32 Å². The summed E-state index contributed by atoms with van der Waals surface area (Å²) in [4.78, 5) is 0. The molecule has 0 aromatic rings. The molecule has 2 N–H and O–H groups in total. The lowest BCUT2D eigenvalue weighted by molar-refractivity contribution is -0.0161. The summed E-state index contributed by atoms with van der Waals surface area (Å²) >= 11 is 0. The average molecular weight is 231 g/mol. The number of aliphatic hydroxyl groups is 1. The summed E-state index contributed by atoms with van der Waals surface area (Å²) in [6.45, 7) is 13.8. The van der Waals surface area contributed by atoms with E-state index >= 15 is 0 Å². The molecular formula is C13H29NO2. The lowest BCUT2D eigenvalue weighted by Gasteiger charge is -2.46. The first-order chi connectivity index (χ1) is 7.26. The van der Waals surface area contributed by atoms with Gasteiger partial charge in [-0.2, -0.15) is 0 Å². The van der Waals surface area contributed by atoms with E-state index in [1.54, 1.807) is 6.92 Å². The Morgan fingerprint density at radius 2 is 1.50 bits per heavy atom. The van der Waals surface area contributed by atoms with Gasteiger partial charge in [0.15, 0.2) is 0 Å². The van der Waals surface area contributed by atoms with Crippen LogP contribution in [0, 0.1) is 0 Å². The molecule has 98 valence electrons. The van der Waals surface area contributed by atoms with Gasteiger partial charge in [-0.1, -0.05) is 0 Å². The van der Waals surface area contributed by atoms with Crippen LogP contribution in [0.4, 0.5) is 0 Å². The second-order valence-electron chi connectivity index (χ2n) is 5.69. The van der Waals surface area contributed by atoms with Gasteiger partial charge in [-0.15, -0.1) is 0 Å². The second-order valence-corrected chi connectivity index (χ2v) is 5.69. The zero-order valence-electron chi connectivity index (χ0n) is 11.8. The van der Waals surface area contributed by atoms with Crippen molar-refractivity contribution in [2.24, 2.45) is 0 Å². The number of rotatable bonds is 2. The third-order valence-corrected chi connectivity index (χ3v) is 2.56. The van der Waals surface area contributed by atoms with Gasteiger partial charge in [0.25, 0.3) is 0 Å². The van der Waals surface area contributed by atoms with E-state index < -0.39 is 0 Å². The maximum absolute atomic E-state index is 7.57. The minimum absolute atomic E-state index is 0.210. The summed E-state index contributed by atoms with van der Waals surface area (Å²) in [5.74, 6) is 0. The molecule has 0 amide bonds. The van der Waals surface area contributed by atoms with Crippen LogP contribution in [0.2, 0.25) is 0 Å². The van der Waals surface area contributed by atoms with Crippen molar-refractivity contribution in [3.63, 3.8) is 0 Å². The molecule has 1 saturated heterocycles. The molecule has 0 unspecified atom stereocenters. The van der Waals surface area contributed by atoms with Gasteiger partial charge in [-0.3, -0.25) is 0 Å². The molecule has 0 saturated carbocycles. The van der Waals surface area contributed by atoms with Gasteiger partial charge in [0.2, 0.25) is 0 Å². The first-order valence-corrected chi connectivity index (χ1v) is 6.28. The Morgan fingerprint density at radius 1 is 1.12 bits per heavy atom. The Labute approximate surface area is 101 Å². The van der Waals surface area contributed by atoms with Crippen molar-refractivity contribution in [3.8, 4) is 0 Å². The molecule has 0 spiro atoms. The van der Waals surface area contributed by atoms with Gasteiger partial charge < -0.3 is 15.2 Å². The summed E-state index contributed by atoms with van der Waals surface area (Å²) < 4.78 is 5.71. The molecule has 1 heterocycles.